The molecule has 1 saturated carbocycles. The van der Waals surface area contributed by atoms with Gasteiger partial charge in [-0.05, 0) is 75.4 Å². The molecule has 3 nitrogen and oxygen atoms in total. The Bertz CT molecular complexity index is 500. The quantitative estimate of drug-likeness (QED) is 0.891. The highest BCUT2D eigenvalue weighted by molar-refractivity contribution is 5.76. The lowest BCUT2D eigenvalue weighted by molar-refractivity contribution is -0.133. The second-order valence-corrected chi connectivity index (χ2v) is 7.71. The molecule has 132 valence electrons. The molecular weight excluding hydrogens is 296 g/mol. The van der Waals surface area contributed by atoms with Gasteiger partial charge in [0.25, 0.3) is 0 Å². The minimum absolute atomic E-state index is 0.404. The summed E-state index contributed by atoms with van der Waals surface area (Å²) in [5, 5.41) is 3.26. The lowest BCUT2D eigenvalue weighted by Gasteiger charge is -2.34. The number of nitrogens with one attached hydrogen (secondary N) is 1. The van der Waals surface area contributed by atoms with Gasteiger partial charge < -0.3 is 10.2 Å². The maximum Gasteiger partial charge on any atom is 0.222 e. The van der Waals surface area contributed by atoms with Crippen molar-refractivity contribution in [2.45, 2.75) is 50.9 Å². The predicted molar refractivity (Wildman–Crippen MR) is 99.0 cm³/mol. The van der Waals surface area contributed by atoms with E-state index in [1.807, 2.05) is 7.05 Å². The Balaban J connectivity index is 1.41. The van der Waals surface area contributed by atoms with Crippen LogP contribution in [0.4, 0.5) is 0 Å². The molecule has 3 heteroatoms. The smallest absolute Gasteiger partial charge is 0.222 e. The van der Waals surface area contributed by atoms with Gasteiger partial charge in [0.15, 0.2) is 0 Å². The molecule has 24 heavy (non-hydrogen) atoms. The molecule has 0 aromatic heterocycles. The van der Waals surface area contributed by atoms with E-state index in [2.05, 4.69) is 40.5 Å². The highest BCUT2D eigenvalue weighted by Crippen LogP contribution is 2.37. The topological polar surface area (TPSA) is 32.3 Å². The Labute approximate surface area is 146 Å². The van der Waals surface area contributed by atoms with Crippen molar-refractivity contribution in [1.82, 2.24) is 10.2 Å². The second-order valence-electron chi connectivity index (χ2n) is 7.71. The van der Waals surface area contributed by atoms with Crippen LogP contribution in [0.25, 0.3) is 0 Å². The minimum Gasteiger partial charge on any atom is -0.343 e. The van der Waals surface area contributed by atoms with Gasteiger partial charge in [-0.25, -0.2) is 0 Å². The molecule has 0 bridgehead atoms. The highest BCUT2D eigenvalue weighted by atomic mass is 16.2. The summed E-state index contributed by atoms with van der Waals surface area (Å²) < 4.78 is 0. The first-order chi connectivity index (χ1) is 11.8. The summed E-state index contributed by atoms with van der Waals surface area (Å²) in [5.74, 6) is 2.46. The molecule has 0 spiro atoms. The van der Waals surface area contributed by atoms with Crippen LogP contribution in [0, 0.1) is 11.8 Å². The zero-order valence-electron chi connectivity index (χ0n) is 15.0. The van der Waals surface area contributed by atoms with Crippen LogP contribution in [0.15, 0.2) is 30.3 Å². The number of amides is 1. The van der Waals surface area contributed by atoms with Gasteiger partial charge >= 0.3 is 0 Å². The Morgan fingerprint density at radius 3 is 2.29 bits per heavy atom. The standard InChI is InChI=1S/C21H32N2O/c1-22-16-18-11-13-23(14-12-18)21(24)15-17-7-9-20(10-8-17)19-5-3-2-4-6-19/h2-6,17-18,20,22H,7-16H2,1H3. The number of hydrogen-bond acceptors (Lipinski definition) is 2. The highest BCUT2D eigenvalue weighted by Gasteiger charge is 2.27. The molecule has 0 atom stereocenters. The van der Waals surface area contributed by atoms with Crippen molar-refractivity contribution in [3.05, 3.63) is 35.9 Å². The maximum absolute atomic E-state index is 12.6. The molecule has 1 amide bonds. The van der Waals surface area contributed by atoms with Gasteiger partial charge in [0.05, 0.1) is 0 Å². The van der Waals surface area contributed by atoms with E-state index < -0.39 is 0 Å². The van der Waals surface area contributed by atoms with Gasteiger partial charge in [-0.15, -0.1) is 0 Å². The van der Waals surface area contributed by atoms with Gasteiger partial charge in [-0.3, -0.25) is 4.79 Å². The largest absolute Gasteiger partial charge is 0.343 e. The van der Waals surface area contributed by atoms with E-state index in [0.717, 1.165) is 44.8 Å². The molecule has 3 rings (SSSR count). The molecule has 1 heterocycles. The minimum atomic E-state index is 0.404. The Morgan fingerprint density at radius 1 is 1.00 bits per heavy atom. The molecule has 2 aliphatic rings. The fourth-order valence-corrected chi connectivity index (χ4v) is 4.48. The first-order valence-electron chi connectivity index (χ1n) is 9.73. The van der Waals surface area contributed by atoms with Crippen molar-refractivity contribution in [2.24, 2.45) is 11.8 Å². The van der Waals surface area contributed by atoms with E-state index >= 15 is 0 Å². The molecule has 0 radical (unpaired) electrons. The van der Waals surface area contributed by atoms with Gasteiger partial charge in [0.1, 0.15) is 0 Å². The molecule has 1 aliphatic carbocycles. The van der Waals surface area contributed by atoms with Crippen LogP contribution < -0.4 is 5.32 Å². The molecule has 1 aliphatic heterocycles. The van der Waals surface area contributed by atoms with Crippen molar-refractivity contribution in [3.63, 3.8) is 0 Å². The molecular formula is C21H32N2O. The normalized spacial score (nSPS) is 25.6. The molecule has 1 saturated heterocycles. The van der Waals surface area contributed by atoms with Crippen molar-refractivity contribution in [2.75, 3.05) is 26.7 Å². The van der Waals surface area contributed by atoms with Crippen LogP contribution in [0.3, 0.4) is 0 Å². The summed E-state index contributed by atoms with van der Waals surface area (Å²) >= 11 is 0. The number of carbonyl (C=O) groups excluding carboxylic acids is 1. The van der Waals surface area contributed by atoms with Crippen molar-refractivity contribution >= 4 is 5.91 Å². The van der Waals surface area contributed by atoms with E-state index in [4.69, 9.17) is 0 Å². The number of likely N-dealkylation sites (tertiary alicyclic amines) is 1. The van der Waals surface area contributed by atoms with Crippen LogP contribution >= 0.6 is 0 Å². The summed E-state index contributed by atoms with van der Waals surface area (Å²) in [4.78, 5) is 14.7. The Hall–Kier alpha value is -1.35. The van der Waals surface area contributed by atoms with Gasteiger partial charge in [-0.1, -0.05) is 30.3 Å². The van der Waals surface area contributed by atoms with Crippen molar-refractivity contribution in [3.8, 4) is 0 Å². The fraction of sp³-hybridized carbons (Fsp3) is 0.667. The van der Waals surface area contributed by atoms with Crippen LogP contribution in [0.1, 0.15) is 56.4 Å². The van der Waals surface area contributed by atoms with E-state index in [9.17, 15) is 4.79 Å². The van der Waals surface area contributed by atoms with Crippen LogP contribution in [0.5, 0.6) is 0 Å². The average molecular weight is 329 g/mol. The van der Waals surface area contributed by atoms with Crippen molar-refractivity contribution < 1.29 is 4.79 Å². The molecule has 1 aromatic rings. The third-order valence-corrected chi connectivity index (χ3v) is 6.04. The summed E-state index contributed by atoms with van der Waals surface area (Å²) in [6.45, 7) is 3.01. The summed E-state index contributed by atoms with van der Waals surface area (Å²) in [6.07, 6.45) is 8.00. The number of benzene rings is 1. The summed E-state index contributed by atoms with van der Waals surface area (Å²) in [5.41, 5.74) is 1.48. The van der Waals surface area contributed by atoms with E-state index in [0.29, 0.717) is 17.7 Å². The number of rotatable bonds is 5. The summed E-state index contributed by atoms with van der Waals surface area (Å²) in [6, 6.07) is 10.9. The number of nitrogens with zero attached hydrogens (tertiary/aromatic N) is 1. The zero-order valence-corrected chi connectivity index (χ0v) is 15.0. The van der Waals surface area contributed by atoms with Gasteiger partial charge in [0.2, 0.25) is 5.91 Å². The molecule has 0 unspecified atom stereocenters. The molecule has 1 aromatic carbocycles. The lowest BCUT2D eigenvalue weighted by atomic mass is 9.77. The molecule has 2 fully saturated rings. The van der Waals surface area contributed by atoms with E-state index in [1.165, 1.54) is 31.2 Å². The third kappa shape index (κ3) is 4.60. The number of hydrogen-bond donors (Lipinski definition) is 1. The SMILES string of the molecule is CNCC1CCN(C(=O)CC2CCC(c3ccccc3)CC2)CC1. The van der Waals surface area contributed by atoms with Gasteiger partial charge in [0, 0.05) is 19.5 Å². The zero-order chi connectivity index (χ0) is 16.8. The first-order valence-corrected chi connectivity index (χ1v) is 9.73. The Morgan fingerprint density at radius 2 is 1.67 bits per heavy atom. The van der Waals surface area contributed by atoms with Crippen LogP contribution in [-0.4, -0.2) is 37.5 Å². The second kappa shape index (κ2) is 8.66. The molecule has 1 N–H and O–H groups in total. The number of piperidine rings is 1. The lowest BCUT2D eigenvalue weighted by Crippen LogP contribution is -2.41. The summed E-state index contributed by atoms with van der Waals surface area (Å²) in [7, 11) is 2.02. The first kappa shape index (κ1) is 17.5. The van der Waals surface area contributed by atoms with Crippen LogP contribution in [0.2, 0.25) is 0 Å². The van der Waals surface area contributed by atoms with Crippen molar-refractivity contribution in [1.29, 1.82) is 0 Å². The fourth-order valence-electron chi connectivity index (χ4n) is 4.48. The maximum atomic E-state index is 12.6. The Kier molecular flexibility index (Phi) is 6.30. The predicted octanol–water partition coefficient (Wildman–Crippen LogP) is 3.81. The van der Waals surface area contributed by atoms with Gasteiger partial charge in [-0.2, -0.15) is 0 Å². The van der Waals surface area contributed by atoms with E-state index in [-0.39, 0.29) is 0 Å². The monoisotopic (exact) mass is 328 g/mol. The van der Waals surface area contributed by atoms with E-state index in [1.54, 1.807) is 0 Å². The average Bonchev–Trinajstić information content (AvgIpc) is 2.64. The third-order valence-electron chi connectivity index (χ3n) is 6.04. The number of carbonyl (C=O) groups is 1. The van der Waals surface area contributed by atoms with Crippen LogP contribution in [-0.2, 0) is 4.79 Å².